The Morgan fingerprint density at radius 3 is 2.31 bits per heavy atom. The van der Waals surface area contributed by atoms with Crippen molar-refractivity contribution in [1.29, 1.82) is 0 Å². The fourth-order valence-electron chi connectivity index (χ4n) is 5.55. The van der Waals surface area contributed by atoms with Gasteiger partial charge in [0.05, 0.1) is 10.3 Å². The van der Waals surface area contributed by atoms with Crippen LogP contribution in [-0.4, -0.2) is 27.5 Å². The average molecular weight is 691 g/mol. The molecular formula is C39H32ClFN4O3S. The zero-order valence-electron chi connectivity index (χ0n) is 26.7. The molecule has 246 valence electrons. The van der Waals surface area contributed by atoms with E-state index in [1.807, 2.05) is 43.3 Å². The predicted molar refractivity (Wildman–Crippen MR) is 197 cm³/mol. The van der Waals surface area contributed by atoms with Crippen molar-refractivity contribution in [3.8, 4) is 0 Å². The lowest BCUT2D eigenvalue weighted by atomic mass is 10.1. The number of hydrogen-bond donors (Lipinski definition) is 3. The van der Waals surface area contributed by atoms with Crippen molar-refractivity contribution < 1.29 is 18.8 Å². The summed E-state index contributed by atoms with van der Waals surface area (Å²) in [5.41, 5.74) is 3.46. The van der Waals surface area contributed by atoms with Gasteiger partial charge in [0.1, 0.15) is 11.5 Å². The number of aromatic nitrogens is 1. The van der Waals surface area contributed by atoms with E-state index in [0.29, 0.717) is 16.9 Å². The molecule has 7 nitrogen and oxygen atoms in total. The van der Waals surface area contributed by atoms with Crippen LogP contribution in [0.2, 0.25) is 5.02 Å². The molecule has 6 rings (SSSR count). The van der Waals surface area contributed by atoms with Crippen LogP contribution in [0, 0.1) is 5.82 Å². The van der Waals surface area contributed by atoms with Gasteiger partial charge in [-0.15, -0.1) is 11.8 Å². The van der Waals surface area contributed by atoms with Gasteiger partial charge >= 0.3 is 0 Å². The third kappa shape index (κ3) is 7.53. The second-order valence-corrected chi connectivity index (χ2v) is 13.1. The summed E-state index contributed by atoms with van der Waals surface area (Å²) >= 11 is 7.56. The molecule has 10 heteroatoms. The third-order valence-corrected chi connectivity index (χ3v) is 9.37. The quantitative estimate of drug-likeness (QED) is 0.0988. The maximum Gasteiger partial charge on any atom is 0.272 e. The molecule has 49 heavy (non-hydrogen) atoms. The van der Waals surface area contributed by atoms with E-state index in [1.54, 1.807) is 48.5 Å². The van der Waals surface area contributed by atoms with E-state index in [-0.39, 0.29) is 22.2 Å². The molecule has 0 radical (unpaired) electrons. The molecule has 0 fully saturated rings. The SMILES string of the molecule is CCn1c2ccccc2c2cc(NC(=O)C(C)Sc3cccc(NC(=O)/C(=C\c4c(F)cccc4Cl)NC(=O)c4ccccc4)c3)ccc21. The predicted octanol–water partition coefficient (Wildman–Crippen LogP) is 9.14. The molecule has 1 heterocycles. The van der Waals surface area contributed by atoms with Gasteiger partial charge in [-0.25, -0.2) is 4.39 Å². The van der Waals surface area contributed by atoms with Crippen molar-refractivity contribution in [3.05, 3.63) is 143 Å². The van der Waals surface area contributed by atoms with E-state index >= 15 is 0 Å². The summed E-state index contributed by atoms with van der Waals surface area (Å²) < 4.78 is 16.9. The molecule has 1 atom stereocenters. The lowest BCUT2D eigenvalue weighted by Crippen LogP contribution is -2.30. The Morgan fingerprint density at radius 2 is 1.53 bits per heavy atom. The average Bonchev–Trinajstić information content (AvgIpc) is 3.42. The minimum atomic E-state index is -0.684. The minimum absolute atomic E-state index is 0.0397. The molecule has 0 aliphatic carbocycles. The summed E-state index contributed by atoms with van der Waals surface area (Å²) in [4.78, 5) is 40.5. The van der Waals surface area contributed by atoms with E-state index in [4.69, 9.17) is 11.6 Å². The molecule has 5 aromatic carbocycles. The number of benzene rings is 5. The van der Waals surface area contributed by atoms with E-state index in [9.17, 15) is 18.8 Å². The topological polar surface area (TPSA) is 92.2 Å². The Morgan fingerprint density at radius 1 is 0.816 bits per heavy atom. The molecule has 1 unspecified atom stereocenters. The largest absolute Gasteiger partial charge is 0.341 e. The normalized spacial score (nSPS) is 12.1. The summed E-state index contributed by atoms with van der Waals surface area (Å²) in [5.74, 6) is -2.05. The number of aryl methyl sites for hydroxylation is 1. The highest BCUT2D eigenvalue weighted by Crippen LogP contribution is 2.32. The van der Waals surface area contributed by atoms with Crippen LogP contribution in [0.5, 0.6) is 0 Å². The summed E-state index contributed by atoms with van der Waals surface area (Å²) in [6.45, 7) is 4.76. The molecule has 3 amide bonds. The molecular weight excluding hydrogens is 659 g/mol. The Labute approximate surface area is 292 Å². The second kappa shape index (κ2) is 14.8. The molecule has 0 saturated heterocycles. The third-order valence-electron chi connectivity index (χ3n) is 7.95. The van der Waals surface area contributed by atoms with Gasteiger partial charge in [0.15, 0.2) is 0 Å². The number of rotatable bonds is 10. The van der Waals surface area contributed by atoms with E-state index < -0.39 is 22.9 Å². The maximum atomic E-state index is 14.7. The Balaban J connectivity index is 1.17. The molecule has 0 saturated carbocycles. The van der Waals surface area contributed by atoms with E-state index in [2.05, 4.69) is 39.6 Å². The highest BCUT2D eigenvalue weighted by Gasteiger charge is 2.19. The molecule has 6 aromatic rings. The molecule has 0 bridgehead atoms. The van der Waals surface area contributed by atoms with Crippen LogP contribution in [0.15, 0.2) is 126 Å². The van der Waals surface area contributed by atoms with Crippen molar-refractivity contribution in [2.75, 3.05) is 10.6 Å². The summed E-state index contributed by atoms with van der Waals surface area (Å²) in [7, 11) is 0. The van der Waals surface area contributed by atoms with Gasteiger partial charge in [-0.05, 0) is 86.7 Å². The van der Waals surface area contributed by atoms with Crippen LogP contribution in [0.25, 0.3) is 27.9 Å². The lowest BCUT2D eigenvalue weighted by Gasteiger charge is -2.14. The first-order chi connectivity index (χ1) is 23.7. The zero-order valence-corrected chi connectivity index (χ0v) is 28.2. The van der Waals surface area contributed by atoms with Gasteiger partial charge < -0.3 is 20.5 Å². The van der Waals surface area contributed by atoms with Gasteiger partial charge in [0.2, 0.25) is 5.91 Å². The van der Waals surface area contributed by atoms with Crippen LogP contribution in [0.1, 0.15) is 29.8 Å². The van der Waals surface area contributed by atoms with Crippen LogP contribution in [0.4, 0.5) is 15.8 Å². The molecule has 0 spiro atoms. The monoisotopic (exact) mass is 690 g/mol. The Bertz CT molecular complexity index is 2210. The van der Waals surface area contributed by atoms with Gasteiger partial charge in [0, 0.05) is 55.7 Å². The first kappa shape index (κ1) is 33.5. The Kier molecular flexibility index (Phi) is 10.1. The van der Waals surface area contributed by atoms with Gasteiger partial charge in [-0.2, -0.15) is 0 Å². The number of anilines is 2. The summed E-state index contributed by atoms with van der Waals surface area (Å²) in [6, 6.07) is 33.7. The number of hydrogen-bond acceptors (Lipinski definition) is 4. The van der Waals surface area contributed by atoms with Crippen molar-refractivity contribution in [2.24, 2.45) is 0 Å². The van der Waals surface area contributed by atoms with Crippen LogP contribution in [-0.2, 0) is 16.1 Å². The standard InChI is InChI=1S/C39H32ClFN4O3S/c1-3-45-35-18-8-7-15-29(35)30-22-27(19-20-36(30)45)42-37(46)24(2)49-28-14-9-13-26(21-28)43-39(48)34(23-31-32(40)16-10-17-33(31)41)44-38(47)25-11-5-4-6-12-25/h4-24H,3H2,1-2H3,(H,42,46)(H,43,48)(H,44,47)/b34-23+. The number of fused-ring (bicyclic) bond motifs is 3. The fraction of sp³-hybridized carbons (Fsp3) is 0.103. The number of thioether (sulfide) groups is 1. The Hall–Kier alpha value is -5.38. The number of amides is 3. The number of nitrogens with one attached hydrogen (secondary N) is 3. The first-order valence-electron chi connectivity index (χ1n) is 15.6. The number of nitrogens with zero attached hydrogens (tertiary/aromatic N) is 1. The molecule has 3 N–H and O–H groups in total. The van der Waals surface area contributed by atoms with Gasteiger partial charge in [0.25, 0.3) is 11.8 Å². The zero-order chi connectivity index (χ0) is 34.5. The lowest BCUT2D eigenvalue weighted by molar-refractivity contribution is -0.115. The number of carbonyl (C=O) groups excluding carboxylic acids is 3. The van der Waals surface area contributed by atoms with Crippen molar-refractivity contribution in [3.63, 3.8) is 0 Å². The van der Waals surface area contributed by atoms with Crippen molar-refractivity contribution in [1.82, 2.24) is 9.88 Å². The highest BCUT2D eigenvalue weighted by atomic mass is 35.5. The smallest absolute Gasteiger partial charge is 0.272 e. The number of carbonyl (C=O) groups is 3. The van der Waals surface area contributed by atoms with Crippen LogP contribution in [0.3, 0.4) is 0 Å². The molecule has 0 aliphatic rings. The van der Waals surface area contributed by atoms with Crippen molar-refractivity contribution >= 4 is 80.3 Å². The molecule has 0 aliphatic heterocycles. The summed E-state index contributed by atoms with van der Waals surface area (Å²) in [6.07, 6.45) is 1.20. The first-order valence-corrected chi connectivity index (χ1v) is 16.9. The minimum Gasteiger partial charge on any atom is -0.341 e. The van der Waals surface area contributed by atoms with Gasteiger partial charge in [-0.1, -0.05) is 60.1 Å². The maximum absolute atomic E-state index is 14.7. The number of para-hydroxylation sites is 1. The fourth-order valence-corrected chi connectivity index (χ4v) is 6.70. The van der Waals surface area contributed by atoms with Crippen LogP contribution >= 0.6 is 23.4 Å². The van der Waals surface area contributed by atoms with E-state index in [1.165, 1.54) is 36.0 Å². The van der Waals surface area contributed by atoms with E-state index in [0.717, 1.165) is 33.2 Å². The summed E-state index contributed by atoms with van der Waals surface area (Å²) in [5, 5.41) is 10.2. The van der Waals surface area contributed by atoms with Gasteiger partial charge in [-0.3, -0.25) is 14.4 Å². The van der Waals surface area contributed by atoms with Crippen LogP contribution < -0.4 is 16.0 Å². The second-order valence-electron chi connectivity index (χ2n) is 11.2. The molecule has 1 aromatic heterocycles. The highest BCUT2D eigenvalue weighted by molar-refractivity contribution is 8.00. The van der Waals surface area contributed by atoms with Crippen molar-refractivity contribution in [2.45, 2.75) is 30.5 Å². The number of halogens is 2.